The minimum absolute atomic E-state index is 0.0454. The fourth-order valence-electron chi connectivity index (χ4n) is 2.09. The van der Waals surface area contributed by atoms with E-state index >= 15 is 0 Å². The number of hydrazone groups is 1. The predicted molar refractivity (Wildman–Crippen MR) is 102 cm³/mol. The van der Waals surface area contributed by atoms with Gasteiger partial charge in [-0.2, -0.15) is 5.10 Å². The average Bonchev–Trinajstić information content (AvgIpc) is 3.11. The molecule has 2 aromatic carbocycles. The van der Waals surface area contributed by atoms with Gasteiger partial charge in [0.1, 0.15) is 0 Å². The van der Waals surface area contributed by atoms with Gasteiger partial charge in [-0.1, -0.05) is 48.5 Å². The van der Waals surface area contributed by atoms with Crippen LogP contribution in [0.4, 0.5) is 10.8 Å². The van der Waals surface area contributed by atoms with Gasteiger partial charge in [-0.15, -0.1) is 11.3 Å². The number of rotatable bonds is 6. The third-order valence-electron chi connectivity index (χ3n) is 3.27. The lowest BCUT2D eigenvalue weighted by molar-refractivity contribution is -0.384. The first kappa shape index (κ1) is 16.5. The van der Waals surface area contributed by atoms with Gasteiger partial charge in [0, 0.05) is 29.3 Å². The average molecular weight is 350 g/mol. The molecule has 0 saturated heterocycles. The van der Waals surface area contributed by atoms with Crippen LogP contribution in [0.25, 0.3) is 17.3 Å². The summed E-state index contributed by atoms with van der Waals surface area (Å²) in [7, 11) is 0. The SMILES string of the molecule is O=[N+]([O-])c1cccc(-c2csc(NN=CC=Cc3ccccc3)n2)c1. The smallest absolute Gasteiger partial charge is 0.258 e. The number of thiazole rings is 1. The van der Waals surface area contributed by atoms with Gasteiger partial charge in [0.15, 0.2) is 0 Å². The lowest BCUT2D eigenvalue weighted by Crippen LogP contribution is -1.89. The van der Waals surface area contributed by atoms with E-state index in [0.29, 0.717) is 16.4 Å². The van der Waals surface area contributed by atoms with Crippen LogP contribution in [-0.4, -0.2) is 16.1 Å². The molecule has 0 fully saturated rings. The van der Waals surface area contributed by atoms with Crippen molar-refractivity contribution in [1.29, 1.82) is 0 Å². The highest BCUT2D eigenvalue weighted by Crippen LogP contribution is 2.27. The Hall–Kier alpha value is -3.32. The van der Waals surface area contributed by atoms with Crippen LogP contribution in [-0.2, 0) is 0 Å². The molecule has 0 radical (unpaired) electrons. The first-order chi connectivity index (χ1) is 12.2. The van der Waals surface area contributed by atoms with Crippen molar-refractivity contribution in [1.82, 2.24) is 4.98 Å². The van der Waals surface area contributed by atoms with Crippen LogP contribution in [0.5, 0.6) is 0 Å². The van der Waals surface area contributed by atoms with Crippen molar-refractivity contribution in [2.75, 3.05) is 5.43 Å². The van der Waals surface area contributed by atoms with Gasteiger partial charge in [0.2, 0.25) is 5.13 Å². The molecule has 0 saturated carbocycles. The number of hydrogen-bond acceptors (Lipinski definition) is 6. The Morgan fingerprint density at radius 1 is 1.16 bits per heavy atom. The summed E-state index contributed by atoms with van der Waals surface area (Å²) in [5.74, 6) is 0. The molecule has 6 nitrogen and oxygen atoms in total. The maximum Gasteiger partial charge on any atom is 0.270 e. The van der Waals surface area contributed by atoms with E-state index in [9.17, 15) is 10.1 Å². The van der Waals surface area contributed by atoms with Crippen LogP contribution in [0, 0.1) is 10.1 Å². The second kappa shape index (κ2) is 7.98. The molecule has 0 aliphatic carbocycles. The molecular formula is C18H14N4O2S. The topological polar surface area (TPSA) is 80.4 Å². The number of hydrogen-bond donors (Lipinski definition) is 1. The van der Waals surface area contributed by atoms with Crippen LogP contribution in [0.15, 0.2) is 71.2 Å². The van der Waals surface area contributed by atoms with Gasteiger partial charge in [0.25, 0.3) is 5.69 Å². The van der Waals surface area contributed by atoms with E-state index in [1.165, 1.54) is 23.5 Å². The molecule has 0 unspecified atom stereocenters. The quantitative estimate of drug-likeness (QED) is 0.392. The number of non-ortho nitro benzene ring substituents is 1. The van der Waals surface area contributed by atoms with Crippen molar-refractivity contribution in [3.63, 3.8) is 0 Å². The Kier molecular flexibility index (Phi) is 5.28. The number of aromatic nitrogens is 1. The van der Waals surface area contributed by atoms with Crippen LogP contribution < -0.4 is 5.43 Å². The summed E-state index contributed by atoms with van der Waals surface area (Å²) in [6, 6.07) is 16.3. The zero-order valence-electron chi connectivity index (χ0n) is 13.1. The normalized spacial score (nSPS) is 11.2. The predicted octanol–water partition coefficient (Wildman–Crippen LogP) is 4.83. The molecule has 25 heavy (non-hydrogen) atoms. The highest BCUT2D eigenvalue weighted by Gasteiger charge is 2.09. The Morgan fingerprint density at radius 3 is 2.80 bits per heavy atom. The minimum atomic E-state index is -0.418. The molecule has 1 heterocycles. The standard InChI is InChI=1S/C18H14N4O2S/c23-22(24)16-10-4-9-15(12-16)17-13-25-18(20-17)21-19-11-5-8-14-6-2-1-3-7-14/h1-13H,(H,20,21). The zero-order chi connectivity index (χ0) is 17.5. The molecule has 0 amide bonds. The number of benzene rings is 2. The molecule has 0 atom stereocenters. The summed E-state index contributed by atoms with van der Waals surface area (Å²) in [6.07, 6.45) is 5.42. The fraction of sp³-hybridized carbons (Fsp3) is 0. The largest absolute Gasteiger partial charge is 0.270 e. The van der Waals surface area contributed by atoms with E-state index in [-0.39, 0.29) is 5.69 Å². The summed E-state index contributed by atoms with van der Waals surface area (Å²) in [5.41, 5.74) is 5.36. The minimum Gasteiger partial charge on any atom is -0.258 e. The Labute approximate surface area is 148 Å². The first-order valence-electron chi connectivity index (χ1n) is 7.43. The number of nitrogens with one attached hydrogen (secondary N) is 1. The van der Waals surface area contributed by atoms with Crippen molar-refractivity contribution in [2.45, 2.75) is 0 Å². The van der Waals surface area contributed by atoms with E-state index < -0.39 is 4.92 Å². The molecule has 0 bridgehead atoms. The first-order valence-corrected chi connectivity index (χ1v) is 8.31. The van der Waals surface area contributed by atoms with Crippen LogP contribution in [0.2, 0.25) is 0 Å². The molecular weight excluding hydrogens is 336 g/mol. The maximum atomic E-state index is 10.8. The van der Waals surface area contributed by atoms with E-state index in [1.54, 1.807) is 18.3 Å². The number of nitro benzene ring substituents is 1. The molecule has 0 aliphatic heterocycles. The molecule has 3 rings (SSSR count). The molecule has 124 valence electrons. The van der Waals surface area contributed by atoms with E-state index in [1.807, 2.05) is 47.9 Å². The van der Waals surface area contributed by atoms with Gasteiger partial charge in [0.05, 0.1) is 10.6 Å². The Morgan fingerprint density at radius 2 is 2.00 bits per heavy atom. The maximum absolute atomic E-state index is 10.8. The number of nitrogens with zero attached hydrogens (tertiary/aromatic N) is 3. The number of anilines is 1. The third-order valence-corrected chi connectivity index (χ3v) is 4.01. The van der Waals surface area contributed by atoms with E-state index in [4.69, 9.17) is 0 Å². The number of allylic oxidation sites excluding steroid dienone is 1. The molecule has 0 aliphatic rings. The summed E-state index contributed by atoms with van der Waals surface area (Å²) in [6.45, 7) is 0. The zero-order valence-corrected chi connectivity index (χ0v) is 13.9. The van der Waals surface area contributed by atoms with Crippen molar-refractivity contribution in [3.8, 4) is 11.3 Å². The van der Waals surface area contributed by atoms with Crippen LogP contribution >= 0.6 is 11.3 Å². The lowest BCUT2D eigenvalue weighted by atomic mass is 10.1. The molecule has 3 aromatic rings. The number of nitro groups is 1. The molecule has 1 aromatic heterocycles. The summed E-state index contributed by atoms with van der Waals surface area (Å²) < 4.78 is 0. The Balaban J connectivity index is 1.62. The highest BCUT2D eigenvalue weighted by atomic mass is 32.1. The third kappa shape index (κ3) is 4.58. The van der Waals surface area contributed by atoms with E-state index in [0.717, 1.165) is 5.56 Å². The second-order valence-corrected chi connectivity index (χ2v) is 5.86. The summed E-state index contributed by atoms with van der Waals surface area (Å²) in [4.78, 5) is 14.8. The van der Waals surface area contributed by atoms with Gasteiger partial charge < -0.3 is 0 Å². The van der Waals surface area contributed by atoms with Gasteiger partial charge in [-0.3, -0.25) is 15.5 Å². The molecule has 0 spiro atoms. The van der Waals surface area contributed by atoms with Crippen molar-refractivity contribution < 1.29 is 4.92 Å². The van der Waals surface area contributed by atoms with Crippen molar-refractivity contribution >= 4 is 34.4 Å². The van der Waals surface area contributed by atoms with Crippen LogP contribution in [0.3, 0.4) is 0 Å². The molecule has 1 N–H and O–H groups in total. The van der Waals surface area contributed by atoms with Gasteiger partial charge in [-0.25, -0.2) is 4.98 Å². The van der Waals surface area contributed by atoms with Crippen LogP contribution in [0.1, 0.15) is 5.56 Å². The van der Waals surface area contributed by atoms with E-state index in [2.05, 4.69) is 15.5 Å². The van der Waals surface area contributed by atoms with Gasteiger partial charge >= 0.3 is 0 Å². The fourth-order valence-corrected chi connectivity index (χ4v) is 2.76. The summed E-state index contributed by atoms with van der Waals surface area (Å²) >= 11 is 1.38. The lowest BCUT2D eigenvalue weighted by Gasteiger charge is -1.96. The van der Waals surface area contributed by atoms with Crippen molar-refractivity contribution in [3.05, 3.63) is 81.7 Å². The second-order valence-electron chi connectivity index (χ2n) is 5.01. The highest BCUT2D eigenvalue weighted by molar-refractivity contribution is 7.14. The Bertz CT molecular complexity index is 920. The molecule has 7 heteroatoms. The monoisotopic (exact) mass is 350 g/mol. The summed E-state index contributed by atoms with van der Waals surface area (Å²) in [5, 5.41) is 17.4. The van der Waals surface area contributed by atoms with Gasteiger partial charge in [-0.05, 0) is 11.6 Å². The van der Waals surface area contributed by atoms with Crippen molar-refractivity contribution in [2.24, 2.45) is 5.10 Å².